The highest BCUT2D eigenvalue weighted by atomic mass is 35.5. The maximum Gasteiger partial charge on any atom is 0.136 e. The van der Waals surface area contributed by atoms with E-state index in [0.29, 0.717) is 5.15 Å². The van der Waals surface area contributed by atoms with E-state index in [-0.39, 0.29) is 10.2 Å². The van der Waals surface area contributed by atoms with Crippen LogP contribution in [-0.4, -0.2) is 14.7 Å². The predicted octanol–water partition coefficient (Wildman–Crippen LogP) is 4.63. The van der Waals surface area contributed by atoms with Crippen molar-refractivity contribution in [3.05, 3.63) is 16.5 Å². The van der Waals surface area contributed by atoms with Crippen LogP contribution in [0.2, 0.25) is 5.15 Å². The Morgan fingerprint density at radius 1 is 1.00 bits per heavy atom. The summed E-state index contributed by atoms with van der Waals surface area (Å²) in [5.41, 5.74) is 0.893. The molecule has 1 aromatic rings. The fraction of sp³-hybridized carbons (Fsp3) is 0.692. The summed E-state index contributed by atoms with van der Waals surface area (Å²) in [6.45, 7) is 14.8. The molecule has 96 valence electrons. The summed E-state index contributed by atoms with van der Waals surface area (Å²) in [7, 11) is 0. The van der Waals surface area contributed by atoms with Gasteiger partial charge in [-0.3, -0.25) is 0 Å². The van der Waals surface area contributed by atoms with Gasteiger partial charge in [0.1, 0.15) is 16.0 Å². The smallest absolute Gasteiger partial charge is 0.136 e. The molecular formula is C13H21ClN2S. The Kier molecular flexibility index (Phi) is 4.15. The molecule has 0 bridgehead atoms. The predicted molar refractivity (Wildman–Crippen MR) is 76.1 cm³/mol. The van der Waals surface area contributed by atoms with Crippen LogP contribution in [0.4, 0.5) is 0 Å². The van der Waals surface area contributed by atoms with Crippen molar-refractivity contribution in [2.75, 3.05) is 0 Å². The number of nitrogens with zero attached hydrogens (tertiary/aromatic N) is 2. The number of halogens is 1. The third kappa shape index (κ3) is 4.14. The minimum Gasteiger partial charge on any atom is -0.226 e. The largest absolute Gasteiger partial charge is 0.226 e. The molecule has 0 atom stereocenters. The first-order chi connectivity index (χ1) is 7.50. The first kappa shape index (κ1) is 14.8. The summed E-state index contributed by atoms with van der Waals surface area (Å²) in [6.07, 6.45) is 0. The van der Waals surface area contributed by atoms with E-state index in [1.54, 1.807) is 11.8 Å². The molecule has 4 heteroatoms. The van der Waals surface area contributed by atoms with Crippen LogP contribution < -0.4 is 0 Å². The van der Waals surface area contributed by atoms with Gasteiger partial charge in [0, 0.05) is 15.7 Å². The Balaban J connectivity index is 3.26. The quantitative estimate of drug-likeness (QED) is 0.551. The summed E-state index contributed by atoms with van der Waals surface area (Å²) in [6, 6.07) is 0. The summed E-state index contributed by atoms with van der Waals surface area (Å²) < 4.78 is 0.123. The normalized spacial score (nSPS) is 12.9. The average molecular weight is 273 g/mol. The molecule has 0 aliphatic heterocycles. The third-order valence-electron chi connectivity index (χ3n) is 2.12. The van der Waals surface area contributed by atoms with E-state index in [0.717, 1.165) is 16.4 Å². The van der Waals surface area contributed by atoms with E-state index in [1.165, 1.54) is 0 Å². The van der Waals surface area contributed by atoms with Gasteiger partial charge in [0.2, 0.25) is 0 Å². The Labute approximate surface area is 114 Å². The van der Waals surface area contributed by atoms with Gasteiger partial charge >= 0.3 is 0 Å². The molecule has 0 spiro atoms. The van der Waals surface area contributed by atoms with Gasteiger partial charge in [0.25, 0.3) is 0 Å². The van der Waals surface area contributed by atoms with Gasteiger partial charge in [-0.2, -0.15) is 0 Å². The molecule has 0 saturated carbocycles. The van der Waals surface area contributed by atoms with Gasteiger partial charge in [-0.1, -0.05) is 53.1 Å². The van der Waals surface area contributed by atoms with Crippen molar-refractivity contribution in [1.29, 1.82) is 0 Å². The summed E-state index contributed by atoms with van der Waals surface area (Å²) in [5.74, 6) is 0.805. The maximum absolute atomic E-state index is 6.19. The Morgan fingerprint density at radius 3 is 1.94 bits per heavy atom. The van der Waals surface area contributed by atoms with Gasteiger partial charge in [-0.25, -0.2) is 9.97 Å². The van der Waals surface area contributed by atoms with Gasteiger partial charge in [0.05, 0.1) is 0 Å². The van der Waals surface area contributed by atoms with Crippen LogP contribution in [0.25, 0.3) is 0 Å². The first-order valence-electron chi connectivity index (χ1n) is 5.74. The van der Waals surface area contributed by atoms with E-state index < -0.39 is 0 Å². The lowest BCUT2D eigenvalue weighted by Gasteiger charge is -2.22. The minimum atomic E-state index is -0.0788. The zero-order valence-electron chi connectivity index (χ0n) is 11.7. The maximum atomic E-state index is 6.19. The van der Waals surface area contributed by atoms with Crippen molar-refractivity contribution < 1.29 is 0 Å². The topological polar surface area (TPSA) is 25.8 Å². The molecule has 0 radical (unpaired) electrons. The lowest BCUT2D eigenvalue weighted by atomic mass is 9.96. The highest BCUT2D eigenvalue weighted by molar-refractivity contribution is 8.00. The fourth-order valence-corrected chi connectivity index (χ4v) is 2.38. The second kappa shape index (κ2) is 4.77. The Bertz CT molecular complexity index is 417. The average Bonchev–Trinajstić information content (AvgIpc) is 2.08. The molecular weight excluding hydrogens is 252 g/mol. The van der Waals surface area contributed by atoms with Crippen molar-refractivity contribution in [1.82, 2.24) is 9.97 Å². The van der Waals surface area contributed by atoms with Crippen LogP contribution >= 0.6 is 23.4 Å². The molecule has 17 heavy (non-hydrogen) atoms. The number of hydrogen-bond donors (Lipinski definition) is 0. The summed E-state index contributed by atoms with van der Waals surface area (Å²) >= 11 is 7.93. The van der Waals surface area contributed by atoms with E-state index in [1.807, 2.05) is 6.92 Å². The highest BCUT2D eigenvalue weighted by Gasteiger charge is 2.23. The summed E-state index contributed by atoms with van der Waals surface area (Å²) in [5, 5.41) is 1.55. The van der Waals surface area contributed by atoms with Crippen molar-refractivity contribution in [2.24, 2.45) is 0 Å². The Hall–Kier alpha value is -0.280. The standard InChI is InChI=1S/C13H21ClN2S/c1-8-9(14)15-11(12(2,3)4)16-10(8)17-13(5,6)7/h1-7H3. The lowest BCUT2D eigenvalue weighted by Crippen LogP contribution is -2.18. The molecule has 0 unspecified atom stereocenters. The van der Waals surface area contributed by atoms with E-state index >= 15 is 0 Å². The number of thioether (sulfide) groups is 1. The minimum absolute atomic E-state index is 0.0788. The van der Waals surface area contributed by atoms with E-state index in [4.69, 9.17) is 11.6 Å². The molecule has 0 saturated heterocycles. The second-order valence-corrected chi connectivity index (χ2v) is 8.41. The van der Waals surface area contributed by atoms with Crippen LogP contribution in [0.3, 0.4) is 0 Å². The van der Waals surface area contributed by atoms with E-state index in [2.05, 4.69) is 51.5 Å². The van der Waals surface area contributed by atoms with Crippen molar-refractivity contribution in [2.45, 2.75) is 63.7 Å². The number of hydrogen-bond acceptors (Lipinski definition) is 3. The monoisotopic (exact) mass is 272 g/mol. The summed E-state index contributed by atoms with van der Waals surface area (Å²) in [4.78, 5) is 9.03. The van der Waals surface area contributed by atoms with Crippen LogP contribution in [-0.2, 0) is 5.41 Å². The van der Waals surface area contributed by atoms with Crippen molar-refractivity contribution in [3.8, 4) is 0 Å². The van der Waals surface area contributed by atoms with Crippen LogP contribution in [0.5, 0.6) is 0 Å². The van der Waals surface area contributed by atoms with Crippen molar-refractivity contribution >= 4 is 23.4 Å². The Morgan fingerprint density at radius 2 is 1.53 bits per heavy atom. The molecule has 1 aromatic heterocycles. The lowest BCUT2D eigenvalue weighted by molar-refractivity contribution is 0.537. The second-order valence-electron chi connectivity index (χ2n) is 6.23. The van der Waals surface area contributed by atoms with Gasteiger partial charge in [0.15, 0.2) is 0 Å². The number of rotatable bonds is 1. The van der Waals surface area contributed by atoms with Gasteiger partial charge in [-0.05, 0) is 6.92 Å². The molecule has 1 rings (SSSR count). The van der Waals surface area contributed by atoms with Crippen LogP contribution in [0.15, 0.2) is 5.03 Å². The SMILES string of the molecule is Cc1c(Cl)nc(C(C)(C)C)nc1SC(C)(C)C. The van der Waals surface area contributed by atoms with Gasteiger partial charge < -0.3 is 0 Å². The zero-order chi connectivity index (χ0) is 13.4. The number of aromatic nitrogens is 2. The molecule has 2 nitrogen and oxygen atoms in total. The fourth-order valence-electron chi connectivity index (χ4n) is 1.19. The van der Waals surface area contributed by atoms with Crippen LogP contribution in [0, 0.1) is 6.92 Å². The first-order valence-corrected chi connectivity index (χ1v) is 6.94. The van der Waals surface area contributed by atoms with E-state index in [9.17, 15) is 0 Å². The highest BCUT2D eigenvalue weighted by Crippen LogP contribution is 2.35. The molecule has 0 amide bonds. The molecule has 0 fully saturated rings. The van der Waals surface area contributed by atoms with Gasteiger partial charge in [-0.15, -0.1) is 11.8 Å². The molecule has 0 aliphatic rings. The molecule has 0 aliphatic carbocycles. The van der Waals surface area contributed by atoms with Crippen molar-refractivity contribution in [3.63, 3.8) is 0 Å². The zero-order valence-corrected chi connectivity index (χ0v) is 13.3. The van der Waals surface area contributed by atoms with Crippen LogP contribution in [0.1, 0.15) is 52.9 Å². The molecule has 0 N–H and O–H groups in total. The third-order valence-corrected chi connectivity index (χ3v) is 3.69. The molecule has 0 aromatic carbocycles. The molecule has 1 heterocycles.